The molecule has 0 unspecified atom stereocenters. The smallest absolute Gasteiger partial charge is 0.272 e. The summed E-state index contributed by atoms with van der Waals surface area (Å²) in [6.07, 6.45) is 3.53. The molecule has 29 heavy (non-hydrogen) atoms. The van der Waals surface area contributed by atoms with E-state index in [0.29, 0.717) is 30.1 Å². The second kappa shape index (κ2) is 7.99. The molecule has 0 radical (unpaired) electrons. The molecule has 2 aromatic heterocycles. The number of carbonyl (C=O) groups is 2. The first-order valence-corrected chi connectivity index (χ1v) is 10.8. The molecule has 3 aromatic rings. The van der Waals surface area contributed by atoms with Crippen LogP contribution in [0.3, 0.4) is 0 Å². The fourth-order valence-electron chi connectivity index (χ4n) is 3.91. The maximum absolute atomic E-state index is 13.2. The minimum absolute atomic E-state index is 0.0518. The standard InChI is InChI=1S/C22H25N3O3S/c1-14(2)28-18-8-4-6-16(12-18)20(26)17-7-5-9-24(13-17)21(27)19-15(3)23-22-25(19)10-11-29-22/h4,6,8,10-12,14,17H,5,7,9,13H2,1-3H3/t17-/m1/s1. The van der Waals surface area contributed by atoms with Gasteiger partial charge in [0.2, 0.25) is 0 Å². The molecule has 0 aliphatic carbocycles. The van der Waals surface area contributed by atoms with Gasteiger partial charge in [0.25, 0.3) is 5.91 Å². The summed E-state index contributed by atoms with van der Waals surface area (Å²) >= 11 is 1.51. The summed E-state index contributed by atoms with van der Waals surface area (Å²) in [5.41, 5.74) is 1.97. The highest BCUT2D eigenvalue weighted by atomic mass is 32.1. The lowest BCUT2D eigenvalue weighted by molar-refractivity contribution is 0.0630. The number of hydrogen-bond acceptors (Lipinski definition) is 5. The SMILES string of the molecule is Cc1nc2sccn2c1C(=O)N1CCC[C@@H](C(=O)c2cccc(OC(C)C)c2)C1. The minimum Gasteiger partial charge on any atom is -0.491 e. The van der Waals surface area contributed by atoms with Crippen molar-refractivity contribution in [1.29, 1.82) is 0 Å². The van der Waals surface area contributed by atoms with E-state index in [0.717, 1.165) is 23.5 Å². The third-order valence-corrected chi connectivity index (χ3v) is 5.97. The molecule has 0 spiro atoms. The first kappa shape index (κ1) is 19.6. The first-order chi connectivity index (χ1) is 13.9. The van der Waals surface area contributed by atoms with Crippen molar-refractivity contribution >= 4 is 28.0 Å². The highest BCUT2D eigenvalue weighted by Crippen LogP contribution is 2.26. The number of thiazole rings is 1. The van der Waals surface area contributed by atoms with Gasteiger partial charge in [-0.2, -0.15) is 0 Å². The van der Waals surface area contributed by atoms with Crippen LogP contribution < -0.4 is 4.74 Å². The third kappa shape index (κ3) is 3.92. The second-order valence-corrected chi connectivity index (χ2v) is 8.62. The van der Waals surface area contributed by atoms with E-state index in [4.69, 9.17) is 4.74 Å². The van der Waals surface area contributed by atoms with Crippen LogP contribution in [0.25, 0.3) is 4.96 Å². The van der Waals surface area contributed by atoms with Gasteiger partial charge >= 0.3 is 0 Å². The van der Waals surface area contributed by atoms with E-state index in [9.17, 15) is 9.59 Å². The van der Waals surface area contributed by atoms with Crippen molar-refractivity contribution in [2.24, 2.45) is 5.92 Å². The van der Waals surface area contributed by atoms with E-state index in [2.05, 4.69) is 4.98 Å². The number of nitrogens with zero attached hydrogens (tertiary/aromatic N) is 3. The Kier molecular flexibility index (Phi) is 5.41. The molecular formula is C22H25N3O3S. The van der Waals surface area contributed by atoms with Crippen molar-refractivity contribution in [2.45, 2.75) is 39.7 Å². The Labute approximate surface area is 174 Å². The van der Waals surface area contributed by atoms with Gasteiger partial charge in [0, 0.05) is 36.1 Å². The molecule has 1 aromatic carbocycles. The summed E-state index contributed by atoms with van der Waals surface area (Å²) in [4.78, 5) is 33.4. The van der Waals surface area contributed by atoms with Gasteiger partial charge in [-0.1, -0.05) is 12.1 Å². The summed E-state index contributed by atoms with van der Waals surface area (Å²) < 4.78 is 7.57. The molecule has 1 saturated heterocycles. The number of amides is 1. The van der Waals surface area contributed by atoms with E-state index in [1.807, 2.05) is 54.9 Å². The number of aryl methyl sites for hydroxylation is 1. The average Bonchev–Trinajstić information content (AvgIpc) is 3.26. The Morgan fingerprint density at radius 1 is 1.31 bits per heavy atom. The molecule has 1 amide bonds. The zero-order chi connectivity index (χ0) is 20.5. The van der Waals surface area contributed by atoms with Crippen LogP contribution in [-0.2, 0) is 0 Å². The maximum Gasteiger partial charge on any atom is 0.272 e. The van der Waals surface area contributed by atoms with Crippen molar-refractivity contribution in [1.82, 2.24) is 14.3 Å². The summed E-state index contributed by atoms with van der Waals surface area (Å²) in [5.74, 6) is 0.516. The third-order valence-electron chi connectivity index (χ3n) is 5.21. The topological polar surface area (TPSA) is 63.9 Å². The van der Waals surface area contributed by atoms with E-state index >= 15 is 0 Å². The first-order valence-electron chi connectivity index (χ1n) is 9.96. The highest BCUT2D eigenvalue weighted by molar-refractivity contribution is 7.15. The van der Waals surface area contributed by atoms with Crippen molar-refractivity contribution in [3.05, 3.63) is 52.8 Å². The summed E-state index contributed by atoms with van der Waals surface area (Å²) in [5, 5.41) is 1.92. The van der Waals surface area contributed by atoms with Crippen LogP contribution in [-0.4, -0.2) is 45.2 Å². The Bertz CT molecular complexity index is 1050. The van der Waals surface area contributed by atoms with E-state index < -0.39 is 0 Å². The molecule has 1 atom stereocenters. The fourth-order valence-corrected chi connectivity index (χ4v) is 4.67. The zero-order valence-electron chi connectivity index (χ0n) is 16.9. The summed E-state index contributed by atoms with van der Waals surface area (Å²) in [6, 6.07) is 7.34. The summed E-state index contributed by atoms with van der Waals surface area (Å²) in [7, 11) is 0. The predicted octanol–water partition coefficient (Wildman–Crippen LogP) is 4.23. The molecular weight excluding hydrogens is 386 g/mol. The van der Waals surface area contributed by atoms with Crippen LogP contribution in [0.4, 0.5) is 0 Å². The lowest BCUT2D eigenvalue weighted by atomic mass is 9.89. The number of ether oxygens (including phenoxy) is 1. The van der Waals surface area contributed by atoms with Gasteiger partial charge in [0.15, 0.2) is 10.7 Å². The lowest BCUT2D eigenvalue weighted by Crippen LogP contribution is -2.43. The molecule has 6 nitrogen and oxygen atoms in total. The number of benzene rings is 1. The number of Topliss-reactive ketones (excluding diaryl/α,β-unsaturated/α-hetero) is 1. The molecule has 1 aliphatic rings. The molecule has 3 heterocycles. The predicted molar refractivity (Wildman–Crippen MR) is 113 cm³/mol. The number of carbonyl (C=O) groups excluding carboxylic acids is 2. The normalized spacial score (nSPS) is 17.1. The Hall–Kier alpha value is -2.67. The number of imidazole rings is 1. The van der Waals surface area contributed by atoms with Crippen molar-refractivity contribution < 1.29 is 14.3 Å². The zero-order valence-corrected chi connectivity index (χ0v) is 17.7. The fraction of sp³-hybridized carbons (Fsp3) is 0.409. The number of piperidine rings is 1. The van der Waals surface area contributed by atoms with Gasteiger partial charge in [0.05, 0.1) is 11.8 Å². The van der Waals surface area contributed by atoms with Crippen LogP contribution in [0, 0.1) is 12.8 Å². The van der Waals surface area contributed by atoms with Crippen LogP contribution in [0.5, 0.6) is 5.75 Å². The van der Waals surface area contributed by atoms with Crippen molar-refractivity contribution in [2.75, 3.05) is 13.1 Å². The number of rotatable bonds is 5. The van der Waals surface area contributed by atoms with Crippen molar-refractivity contribution in [3.63, 3.8) is 0 Å². The molecule has 0 bridgehead atoms. The van der Waals surface area contributed by atoms with Gasteiger partial charge in [-0.3, -0.25) is 14.0 Å². The molecule has 152 valence electrons. The number of fused-ring (bicyclic) bond motifs is 1. The minimum atomic E-state index is -0.201. The second-order valence-electron chi connectivity index (χ2n) is 7.75. The van der Waals surface area contributed by atoms with E-state index in [1.165, 1.54) is 11.3 Å². The van der Waals surface area contributed by atoms with Gasteiger partial charge in [-0.05, 0) is 45.7 Å². The van der Waals surface area contributed by atoms with Crippen LogP contribution in [0.1, 0.15) is 53.2 Å². The maximum atomic E-state index is 13.2. The number of hydrogen-bond donors (Lipinski definition) is 0. The molecule has 7 heteroatoms. The quantitative estimate of drug-likeness (QED) is 0.590. The lowest BCUT2D eigenvalue weighted by Gasteiger charge is -2.32. The van der Waals surface area contributed by atoms with Gasteiger partial charge in [-0.25, -0.2) is 4.98 Å². The molecule has 0 saturated carbocycles. The number of aromatic nitrogens is 2. The highest BCUT2D eigenvalue weighted by Gasteiger charge is 2.31. The van der Waals surface area contributed by atoms with Gasteiger partial charge < -0.3 is 9.64 Å². The molecule has 1 aliphatic heterocycles. The molecule has 0 N–H and O–H groups in total. The van der Waals surface area contributed by atoms with Crippen LogP contribution in [0.15, 0.2) is 35.8 Å². The van der Waals surface area contributed by atoms with Crippen LogP contribution in [0.2, 0.25) is 0 Å². The monoisotopic (exact) mass is 411 g/mol. The van der Waals surface area contributed by atoms with Gasteiger partial charge in [-0.15, -0.1) is 11.3 Å². The largest absolute Gasteiger partial charge is 0.491 e. The van der Waals surface area contributed by atoms with Gasteiger partial charge in [0.1, 0.15) is 11.4 Å². The Morgan fingerprint density at radius 3 is 2.93 bits per heavy atom. The number of likely N-dealkylation sites (tertiary alicyclic amines) is 1. The van der Waals surface area contributed by atoms with Crippen LogP contribution >= 0.6 is 11.3 Å². The van der Waals surface area contributed by atoms with E-state index in [-0.39, 0.29) is 23.7 Å². The Balaban J connectivity index is 1.52. The summed E-state index contributed by atoms with van der Waals surface area (Å²) in [6.45, 7) is 6.88. The molecule has 4 rings (SSSR count). The average molecular weight is 412 g/mol. The van der Waals surface area contributed by atoms with E-state index in [1.54, 1.807) is 11.0 Å². The number of ketones is 1. The Morgan fingerprint density at radius 2 is 2.14 bits per heavy atom. The van der Waals surface area contributed by atoms with Crippen molar-refractivity contribution in [3.8, 4) is 5.75 Å². The molecule has 1 fully saturated rings.